The summed E-state index contributed by atoms with van der Waals surface area (Å²) in [6, 6.07) is 4.08. The van der Waals surface area contributed by atoms with Gasteiger partial charge in [0.25, 0.3) is 0 Å². The summed E-state index contributed by atoms with van der Waals surface area (Å²) in [5.74, 6) is 1.27. The Kier molecular flexibility index (Phi) is 5.23. The second kappa shape index (κ2) is 6.92. The Bertz CT molecular complexity index is 390. The Labute approximate surface area is 116 Å². The molecule has 0 amide bonds. The predicted molar refractivity (Wildman–Crippen MR) is 77.4 cm³/mol. The standard InChI is InChI=1S/C16H25NO2/c1-12-8-15(9-13(2)16(12)18)10-17-6-3-7-19-11-14-4-5-14/h8-9,14,17-18H,3-7,10-11H2,1-2H3. The maximum Gasteiger partial charge on any atom is 0.121 e. The number of nitrogens with one attached hydrogen (secondary N) is 1. The minimum Gasteiger partial charge on any atom is -0.507 e. The monoisotopic (exact) mass is 263 g/mol. The molecule has 1 aromatic carbocycles. The van der Waals surface area contributed by atoms with Crippen molar-refractivity contribution in [2.75, 3.05) is 19.8 Å². The molecule has 3 heteroatoms. The van der Waals surface area contributed by atoms with Gasteiger partial charge in [0.15, 0.2) is 0 Å². The molecule has 0 unspecified atom stereocenters. The fourth-order valence-corrected chi connectivity index (χ4v) is 2.21. The third kappa shape index (κ3) is 4.84. The highest BCUT2D eigenvalue weighted by Gasteiger charge is 2.20. The number of aromatic hydroxyl groups is 1. The number of aryl methyl sites for hydroxylation is 2. The second-order valence-corrected chi connectivity index (χ2v) is 5.63. The van der Waals surface area contributed by atoms with Crippen molar-refractivity contribution in [1.82, 2.24) is 5.32 Å². The topological polar surface area (TPSA) is 41.5 Å². The summed E-state index contributed by atoms with van der Waals surface area (Å²) in [6.45, 7) is 7.52. The minimum atomic E-state index is 0.414. The summed E-state index contributed by atoms with van der Waals surface area (Å²) in [4.78, 5) is 0. The first kappa shape index (κ1) is 14.4. The zero-order chi connectivity index (χ0) is 13.7. The molecule has 0 aliphatic heterocycles. The number of hydrogen-bond acceptors (Lipinski definition) is 3. The predicted octanol–water partition coefficient (Wildman–Crippen LogP) is 2.92. The van der Waals surface area contributed by atoms with Gasteiger partial charge in [0, 0.05) is 19.8 Å². The molecule has 19 heavy (non-hydrogen) atoms. The smallest absolute Gasteiger partial charge is 0.121 e. The summed E-state index contributed by atoms with van der Waals surface area (Å²) < 4.78 is 5.59. The minimum absolute atomic E-state index is 0.414. The van der Waals surface area contributed by atoms with Crippen molar-refractivity contribution < 1.29 is 9.84 Å². The van der Waals surface area contributed by atoms with Crippen LogP contribution < -0.4 is 5.32 Å². The lowest BCUT2D eigenvalue weighted by Crippen LogP contribution is -2.16. The molecule has 0 heterocycles. The Hall–Kier alpha value is -1.06. The molecule has 106 valence electrons. The number of hydrogen-bond donors (Lipinski definition) is 2. The molecule has 0 bridgehead atoms. The molecule has 0 saturated heterocycles. The first-order chi connectivity index (χ1) is 9.16. The molecule has 0 radical (unpaired) electrons. The van der Waals surface area contributed by atoms with Crippen molar-refractivity contribution in [3.05, 3.63) is 28.8 Å². The molecule has 2 rings (SSSR count). The van der Waals surface area contributed by atoms with Gasteiger partial charge in [-0.2, -0.15) is 0 Å². The quantitative estimate of drug-likeness (QED) is 0.709. The normalized spacial score (nSPS) is 14.8. The van der Waals surface area contributed by atoms with Crippen LogP contribution >= 0.6 is 0 Å². The third-order valence-electron chi connectivity index (χ3n) is 3.57. The van der Waals surface area contributed by atoms with E-state index in [0.717, 1.165) is 49.8 Å². The van der Waals surface area contributed by atoms with Crippen molar-refractivity contribution in [2.24, 2.45) is 5.92 Å². The maximum atomic E-state index is 9.71. The van der Waals surface area contributed by atoms with E-state index >= 15 is 0 Å². The van der Waals surface area contributed by atoms with Gasteiger partial charge in [-0.3, -0.25) is 0 Å². The molecule has 0 atom stereocenters. The van der Waals surface area contributed by atoms with Gasteiger partial charge in [0.05, 0.1) is 0 Å². The van der Waals surface area contributed by atoms with E-state index in [2.05, 4.69) is 5.32 Å². The molecule has 1 saturated carbocycles. The Morgan fingerprint density at radius 1 is 1.26 bits per heavy atom. The summed E-state index contributed by atoms with van der Waals surface area (Å²) >= 11 is 0. The summed E-state index contributed by atoms with van der Waals surface area (Å²) in [5, 5.41) is 13.1. The van der Waals surface area contributed by atoms with Crippen LogP contribution in [0.25, 0.3) is 0 Å². The van der Waals surface area contributed by atoms with E-state index < -0.39 is 0 Å². The van der Waals surface area contributed by atoms with E-state index in [0.29, 0.717) is 5.75 Å². The summed E-state index contributed by atoms with van der Waals surface area (Å²) in [5.41, 5.74) is 3.13. The third-order valence-corrected chi connectivity index (χ3v) is 3.57. The van der Waals surface area contributed by atoms with Crippen LogP contribution in [-0.4, -0.2) is 24.9 Å². The summed E-state index contributed by atoms with van der Waals surface area (Å²) in [6.07, 6.45) is 3.78. The average molecular weight is 263 g/mol. The average Bonchev–Trinajstić information content (AvgIpc) is 3.18. The number of phenolic OH excluding ortho intramolecular Hbond substituents is 1. The second-order valence-electron chi connectivity index (χ2n) is 5.63. The fourth-order valence-electron chi connectivity index (χ4n) is 2.21. The lowest BCUT2D eigenvalue weighted by atomic mass is 10.1. The van der Waals surface area contributed by atoms with Crippen molar-refractivity contribution >= 4 is 0 Å². The number of ether oxygens (including phenoxy) is 1. The van der Waals surface area contributed by atoms with Crippen LogP contribution in [0.2, 0.25) is 0 Å². The van der Waals surface area contributed by atoms with Crippen LogP contribution in [0.4, 0.5) is 0 Å². The molecular formula is C16H25NO2. The van der Waals surface area contributed by atoms with E-state index in [4.69, 9.17) is 4.74 Å². The van der Waals surface area contributed by atoms with Gasteiger partial charge in [-0.1, -0.05) is 12.1 Å². The van der Waals surface area contributed by atoms with E-state index in [1.54, 1.807) is 0 Å². The number of phenols is 1. The Balaban J connectivity index is 1.59. The molecule has 1 aliphatic carbocycles. The molecule has 1 fully saturated rings. The highest BCUT2D eigenvalue weighted by atomic mass is 16.5. The van der Waals surface area contributed by atoms with Gasteiger partial charge in [-0.25, -0.2) is 0 Å². The van der Waals surface area contributed by atoms with Gasteiger partial charge in [0.2, 0.25) is 0 Å². The molecule has 3 nitrogen and oxygen atoms in total. The fraction of sp³-hybridized carbons (Fsp3) is 0.625. The lowest BCUT2D eigenvalue weighted by molar-refractivity contribution is 0.122. The molecular weight excluding hydrogens is 238 g/mol. The zero-order valence-electron chi connectivity index (χ0n) is 12.0. The molecule has 1 aliphatic rings. The number of rotatable bonds is 8. The highest BCUT2D eigenvalue weighted by molar-refractivity contribution is 5.42. The SMILES string of the molecule is Cc1cc(CNCCCOCC2CC2)cc(C)c1O. The van der Waals surface area contributed by atoms with E-state index in [-0.39, 0.29) is 0 Å². The van der Waals surface area contributed by atoms with Gasteiger partial charge >= 0.3 is 0 Å². The van der Waals surface area contributed by atoms with Crippen molar-refractivity contribution in [3.8, 4) is 5.75 Å². The molecule has 0 aromatic heterocycles. The molecule has 2 N–H and O–H groups in total. The van der Waals surface area contributed by atoms with Crippen LogP contribution in [0.15, 0.2) is 12.1 Å². The van der Waals surface area contributed by atoms with Crippen LogP contribution in [-0.2, 0) is 11.3 Å². The van der Waals surface area contributed by atoms with Crippen molar-refractivity contribution in [3.63, 3.8) is 0 Å². The lowest BCUT2D eigenvalue weighted by Gasteiger charge is -2.09. The first-order valence-corrected chi connectivity index (χ1v) is 7.24. The summed E-state index contributed by atoms with van der Waals surface area (Å²) in [7, 11) is 0. The van der Waals surface area contributed by atoms with Gasteiger partial charge in [-0.15, -0.1) is 0 Å². The van der Waals surface area contributed by atoms with Gasteiger partial charge < -0.3 is 15.2 Å². The van der Waals surface area contributed by atoms with E-state index in [1.165, 1.54) is 18.4 Å². The van der Waals surface area contributed by atoms with E-state index in [9.17, 15) is 5.11 Å². The van der Waals surface area contributed by atoms with Crippen molar-refractivity contribution in [2.45, 2.75) is 39.7 Å². The molecule has 1 aromatic rings. The van der Waals surface area contributed by atoms with Gasteiger partial charge in [-0.05, 0) is 62.3 Å². The van der Waals surface area contributed by atoms with Crippen molar-refractivity contribution in [1.29, 1.82) is 0 Å². The first-order valence-electron chi connectivity index (χ1n) is 7.24. The van der Waals surface area contributed by atoms with Gasteiger partial charge in [0.1, 0.15) is 5.75 Å². The molecule has 0 spiro atoms. The van der Waals surface area contributed by atoms with Crippen LogP contribution in [0.3, 0.4) is 0 Å². The highest BCUT2D eigenvalue weighted by Crippen LogP contribution is 2.28. The Morgan fingerprint density at radius 2 is 1.95 bits per heavy atom. The van der Waals surface area contributed by atoms with E-state index in [1.807, 2.05) is 26.0 Å². The van der Waals surface area contributed by atoms with Crippen LogP contribution in [0.1, 0.15) is 36.0 Å². The maximum absolute atomic E-state index is 9.71. The zero-order valence-corrected chi connectivity index (χ0v) is 12.0. The number of benzene rings is 1. The Morgan fingerprint density at radius 3 is 2.58 bits per heavy atom. The largest absolute Gasteiger partial charge is 0.507 e. The van der Waals surface area contributed by atoms with Crippen LogP contribution in [0.5, 0.6) is 5.75 Å². The van der Waals surface area contributed by atoms with Crippen LogP contribution in [0, 0.1) is 19.8 Å².